The molecule has 13 heavy (non-hydrogen) atoms. The minimum absolute atomic E-state index is 0.513. The van der Waals surface area contributed by atoms with Crippen molar-refractivity contribution in [3.8, 4) is 0 Å². The van der Waals surface area contributed by atoms with Gasteiger partial charge in [-0.25, -0.2) is 0 Å². The molecule has 1 saturated carbocycles. The summed E-state index contributed by atoms with van der Waals surface area (Å²) in [5, 5.41) is 0. The Hall–Kier alpha value is -0.0400. The first kappa shape index (κ1) is 9.51. The highest BCUT2D eigenvalue weighted by Crippen LogP contribution is 2.50. The molecule has 2 aliphatic rings. The Morgan fingerprint density at radius 3 is 2.00 bits per heavy atom. The van der Waals surface area contributed by atoms with Gasteiger partial charge in [-0.3, -0.25) is 4.90 Å². The fourth-order valence-corrected chi connectivity index (χ4v) is 2.93. The average molecular weight is 181 g/mol. The highest BCUT2D eigenvalue weighted by atomic mass is 15.2. The molecule has 0 aromatic carbocycles. The van der Waals surface area contributed by atoms with Crippen molar-refractivity contribution in [2.75, 3.05) is 13.1 Å². The molecule has 1 heterocycles. The Balaban J connectivity index is 1.96. The molecule has 0 radical (unpaired) electrons. The van der Waals surface area contributed by atoms with Crippen molar-refractivity contribution in [3.05, 3.63) is 0 Å². The van der Waals surface area contributed by atoms with Gasteiger partial charge in [-0.1, -0.05) is 20.8 Å². The lowest BCUT2D eigenvalue weighted by Crippen LogP contribution is -2.37. The summed E-state index contributed by atoms with van der Waals surface area (Å²) in [6.45, 7) is 9.88. The Morgan fingerprint density at radius 1 is 1.08 bits per heavy atom. The second-order valence-electron chi connectivity index (χ2n) is 6.16. The van der Waals surface area contributed by atoms with E-state index in [1.807, 2.05) is 0 Å². The summed E-state index contributed by atoms with van der Waals surface area (Å²) in [6.07, 6.45) is 7.20. The topological polar surface area (TPSA) is 3.24 Å². The maximum absolute atomic E-state index is 2.76. The van der Waals surface area contributed by atoms with Gasteiger partial charge < -0.3 is 0 Å². The largest absolute Gasteiger partial charge is 0.298 e. The molecule has 1 aliphatic carbocycles. The molecule has 0 spiro atoms. The van der Waals surface area contributed by atoms with E-state index in [1.54, 1.807) is 0 Å². The van der Waals surface area contributed by atoms with Gasteiger partial charge in [0.15, 0.2) is 0 Å². The van der Waals surface area contributed by atoms with E-state index < -0.39 is 0 Å². The highest BCUT2D eigenvalue weighted by Gasteiger charge is 2.49. The molecule has 0 aromatic rings. The van der Waals surface area contributed by atoms with Crippen LogP contribution in [0.25, 0.3) is 0 Å². The fourth-order valence-electron chi connectivity index (χ4n) is 2.93. The molecular formula is C12H23N. The molecule has 1 nitrogen and oxygen atoms in total. The van der Waals surface area contributed by atoms with Gasteiger partial charge in [-0.05, 0) is 50.6 Å². The minimum atomic E-state index is 0.513. The molecular weight excluding hydrogens is 158 g/mol. The fraction of sp³-hybridized carbons (Fsp3) is 1.00. The van der Waals surface area contributed by atoms with Gasteiger partial charge in [0.05, 0.1) is 0 Å². The Labute approximate surface area is 82.5 Å². The SMILES string of the molecule is CC(C)(C)CC1(N2CCCC2)CC1. The molecule has 0 unspecified atom stereocenters. The lowest BCUT2D eigenvalue weighted by Gasteiger charge is -2.33. The Bertz CT molecular complexity index is 180. The van der Waals surface area contributed by atoms with E-state index in [9.17, 15) is 0 Å². The van der Waals surface area contributed by atoms with Gasteiger partial charge in [0, 0.05) is 5.54 Å². The molecule has 1 saturated heterocycles. The van der Waals surface area contributed by atoms with Gasteiger partial charge in [0.1, 0.15) is 0 Å². The summed E-state index contributed by atoms with van der Waals surface area (Å²) >= 11 is 0. The van der Waals surface area contributed by atoms with Crippen LogP contribution in [0.15, 0.2) is 0 Å². The second kappa shape index (κ2) is 2.98. The summed E-state index contributed by atoms with van der Waals surface area (Å²) in [6, 6.07) is 0. The van der Waals surface area contributed by atoms with E-state index in [0.717, 1.165) is 0 Å². The zero-order valence-corrected chi connectivity index (χ0v) is 9.40. The van der Waals surface area contributed by atoms with Crippen LogP contribution in [0.4, 0.5) is 0 Å². The zero-order chi connectivity index (χ0) is 9.53. The quantitative estimate of drug-likeness (QED) is 0.633. The summed E-state index contributed by atoms with van der Waals surface area (Å²) in [4.78, 5) is 2.76. The first-order valence-corrected chi connectivity index (χ1v) is 5.77. The Kier molecular flexibility index (Phi) is 2.18. The molecule has 0 N–H and O–H groups in total. The van der Waals surface area contributed by atoms with Gasteiger partial charge in [0.2, 0.25) is 0 Å². The molecule has 2 fully saturated rings. The second-order valence-corrected chi connectivity index (χ2v) is 6.16. The maximum Gasteiger partial charge on any atom is 0.0216 e. The first-order chi connectivity index (χ1) is 6.02. The van der Waals surface area contributed by atoms with Gasteiger partial charge >= 0.3 is 0 Å². The predicted molar refractivity (Wildman–Crippen MR) is 56.8 cm³/mol. The van der Waals surface area contributed by atoms with Crippen molar-refractivity contribution < 1.29 is 0 Å². The Morgan fingerprint density at radius 2 is 1.62 bits per heavy atom. The molecule has 0 amide bonds. The smallest absolute Gasteiger partial charge is 0.0216 e. The lowest BCUT2D eigenvalue weighted by molar-refractivity contribution is 0.158. The van der Waals surface area contributed by atoms with Crippen LogP contribution in [0.2, 0.25) is 0 Å². The number of hydrogen-bond donors (Lipinski definition) is 0. The van der Waals surface area contributed by atoms with Crippen molar-refractivity contribution in [2.45, 2.75) is 58.4 Å². The van der Waals surface area contributed by atoms with Crippen LogP contribution in [0.5, 0.6) is 0 Å². The molecule has 2 rings (SSSR count). The van der Waals surface area contributed by atoms with Crippen LogP contribution in [0.1, 0.15) is 52.9 Å². The molecule has 76 valence electrons. The molecule has 0 atom stereocenters. The summed E-state index contributed by atoms with van der Waals surface area (Å²) in [7, 11) is 0. The summed E-state index contributed by atoms with van der Waals surface area (Å²) in [5.41, 5.74) is 1.16. The zero-order valence-electron chi connectivity index (χ0n) is 9.40. The van der Waals surface area contributed by atoms with Crippen LogP contribution in [-0.4, -0.2) is 23.5 Å². The number of hydrogen-bond acceptors (Lipinski definition) is 1. The highest BCUT2D eigenvalue weighted by molar-refractivity contribution is 5.06. The van der Waals surface area contributed by atoms with Crippen molar-refractivity contribution in [2.24, 2.45) is 5.41 Å². The van der Waals surface area contributed by atoms with E-state index in [4.69, 9.17) is 0 Å². The summed E-state index contributed by atoms with van der Waals surface area (Å²) < 4.78 is 0. The number of rotatable bonds is 2. The molecule has 1 aliphatic heterocycles. The maximum atomic E-state index is 2.76. The van der Waals surface area contributed by atoms with Crippen molar-refractivity contribution in [1.82, 2.24) is 4.90 Å². The van der Waals surface area contributed by atoms with Gasteiger partial charge in [-0.2, -0.15) is 0 Å². The van der Waals surface area contributed by atoms with Crippen LogP contribution in [0, 0.1) is 5.41 Å². The molecule has 0 bridgehead atoms. The van der Waals surface area contributed by atoms with Gasteiger partial charge in [0.25, 0.3) is 0 Å². The number of likely N-dealkylation sites (tertiary alicyclic amines) is 1. The third-order valence-electron chi connectivity index (χ3n) is 3.46. The van der Waals surface area contributed by atoms with Crippen LogP contribution < -0.4 is 0 Å². The number of nitrogens with zero attached hydrogens (tertiary/aromatic N) is 1. The van der Waals surface area contributed by atoms with Gasteiger partial charge in [-0.15, -0.1) is 0 Å². The first-order valence-electron chi connectivity index (χ1n) is 5.77. The third-order valence-corrected chi connectivity index (χ3v) is 3.46. The van der Waals surface area contributed by atoms with Crippen molar-refractivity contribution in [3.63, 3.8) is 0 Å². The van der Waals surface area contributed by atoms with Crippen LogP contribution in [-0.2, 0) is 0 Å². The van der Waals surface area contributed by atoms with Crippen LogP contribution >= 0.6 is 0 Å². The molecule has 0 aromatic heterocycles. The van der Waals surface area contributed by atoms with Crippen LogP contribution in [0.3, 0.4) is 0 Å². The molecule has 1 heteroatoms. The monoisotopic (exact) mass is 181 g/mol. The van der Waals surface area contributed by atoms with E-state index in [2.05, 4.69) is 25.7 Å². The normalized spacial score (nSPS) is 27.9. The third kappa shape index (κ3) is 2.07. The van der Waals surface area contributed by atoms with E-state index in [-0.39, 0.29) is 0 Å². The van der Waals surface area contributed by atoms with E-state index in [1.165, 1.54) is 45.2 Å². The van der Waals surface area contributed by atoms with E-state index in [0.29, 0.717) is 11.0 Å². The predicted octanol–water partition coefficient (Wildman–Crippen LogP) is 3.05. The standard InChI is InChI=1S/C12H23N/c1-11(2,3)10-12(6-7-12)13-8-4-5-9-13/h4-10H2,1-3H3. The lowest BCUT2D eigenvalue weighted by atomic mass is 9.86. The van der Waals surface area contributed by atoms with E-state index >= 15 is 0 Å². The van der Waals surface area contributed by atoms with Crippen molar-refractivity contribution >= 4 is 0 Å². The minimum Gasteiger partial charge on any atom is -0.298 e. The average Bonchev–Trinajstić information content (AvgIpc) is 2.60. The summed E-state index contributed by atoms with van der Waals surface area (Å²) in [5.74, 6) is 0. The van der Waals surface area contributed by atoms with Crippen molar-refractivity contribution in [1.29, 1.82) is 0 Å².